The Bertz CT molecular complexity index is 375. The molecule has 1 aromatic heterocycles. The topological polar surface area (TPSA) is 71.8 Å². The maximum absolute atomic E-state index is 11.1. The maximum Gasteiger partial charge on any atom is 0.219 e. The fourth-order valence-corrected chi connectivity index (χ4v) is 1.65. The van der Waals surface area contributed by atoms with E-state index in [1.165, 1.54) is 0 Å². The quantitative estimate of drug-likeness (QED) is 0.647. The number of carbonyl (C=O) groups excluding carboxylic acids is 1. The Morgan fingerprint density at radius 1 is 1.42 bits per heavy atom. The van der Waals surface area contributed by atoms with Gasteiger partial charge in [-0.2, -0.15) is 0 Å². The van der Waals surface area contributed by atoms with Crippen LogP contribution in [0.2, 0.25) is 0 Å². The maximum atomic E-state index is 11.1. The number of rotatable bonds is 9. The highest BCUT2D eigenvalue weighted by Gasteiger charge is 2.02. The summed E-state index contributed by atoms with van der Waals surface area (Å²) in [7, 11) is 0. The molecule has 0 unspecified atom stereocenters. The molecule has 2 N–H and O–H groups in total. The van der Waals surface area contributed by atoms with Crippen LogP contribution in [0.25, 0.3) is 0 Å². The number of carbonyl (C=O) groups is 1. The molecule has 0 fully saturated rings. The van der Waals surface area contributed by atoms with Crippen molar-refractivity contribution in [3.8, 4) is 0 Å². The molecule has 108 valence electrons. The van der Waals surface area contributed by atoms with E-state index in [2.05, 4.69) is 34.8 Å². The molecule has 1 amide bonds. The van der Waals surface area contributed by atoms with Crippen molar-refractivity contribution in [2.45, 2.75) is 52.6 Å². The molecule has 0 bridgehead atoms. The number of nitrogens with zero attached hydrogens (tertiary/aromatic N) is 3. The normalized spacial score (nSPS) is 10.9. The van der Waals surface area contributed by atoms with Gasteiger partial charge in [0.2, 0.25) is 5.91 Å². The summed E-state index contributed by atoms with van der Waals surface area (Å²) < 4.78 is 1.86. The van der Waals surface area contributed by atoms with Crippen LogP contribution >= 0.6 is 0 Å². The van der Waals surface area contributed by atoms with Crippen molar-refractivity contribution in [3.05, 3.63) is 11.9 Å². The van der Waals surface area contributed by atoms with Crippen molar-refractivity contribution in [2.24, 2.45) is 0 Å². The summed E-state index contributed by atoms with van der Waals surface area (Å²) in [5, 5.41) is 14.4. The molecule has 0 aliphatic carbocycles. The minimum absolute atomic E-state index is 0.0761. The number of hydrogen-bond acceptors (Lipinski definition) is 4. The van der Waals surface area contributed by atoms with Gasteiger partial charge in [-0.3, -0.25) is 9.48 Å². The van der Waals surface area contributed by atoms with E-state index in [0.717, 1.165) is 31.6 Å². The second kappa shape index (κ2) is 8.63. The van der Waals surface area contributed by atoms with E-state index in [1.807, 2.05) is 17.8 Å². The van der Waals surface area contributed by atoms with Crippen molar-refractivity contribution in [2.75, 3.05) is 13.1 Å². The molecule has 6 heteroatoms. The van der Waals surface area contributed by atoms with Gasteiger partial charge in [0.15, 0.2) is 0 Å². The van der Waals surface area contributed by atoms with Gasteiger partial charge in [-0.25, -0.2) is 0 Å². The number of aromatic nitrogens is 3. The van der Waals surface area contributed by atoms with Gasteiger partial charge < -0.3 is 10.6 Å². The van der Waals surface area contributed by atoms with E-state index in [9.17, 15) is 4.79 Å². The molecule has 19 heavy (non-hydrogen) atoms. The zero-order chi connectivity index (χ0) is 14.1. The lowest BCUT2D eigenvalue weighted by Gasteiger charge is -2.06. The van der Waals surface area contributed by atoms with E-state index < -0.39 is 0 Å². The summed E-state index contributed by atoms with van der Waals surface area (Å²) in [5.41, 5.74) is 0.924. The van der Waals surface area contributed by atoms with E-state index in [0.29, 0.717) is 19.0 Å². The third-order valence-electron chi connectivity index (χ3n) is 2.73. The second-order valence-electron chi connectivity index (χ2n) is 4.89. The molecular weight excluding hydrogens is 242 g/mol. The molecule has 0 aliphatic rings. The highest BCUT2D eigenvalue weighted by molar-refractivity contribution is 5.75. The predicted molar refractivity (Wildman–Crippen MR) is 74.8 cm³/mol. The largest absolute Gasteiger partial charge is 0.356 e. The first-order valence-electron chi connectivity index (χ1n) is 7.01. The standard InChI is InChI=1S/C13H25N5O/c1-4-13(19)15-8-6-12-10-18(17-16-12)9-5-7-14-11(2)3/h10-11,14H,4-9H2,1-3H3,(H,15,19). The first-order valence-corrected chi connectivity index (χ1v) is 7.01. The van der Waals surface area contributed by atoms with Gasteiger partial charge in [0, 0.05) is 38.2 Å². The Morgan fingerprint density at radius 2 is 2.21 bits per heavy atom. The molecule has 0 aromatic carbocycles. The first-order chi connectivity index (χ1) is 9.11. The summed E-state index contributed by atoms with van der Waals surface area (Å²) >= 11 is 0. The highest BCUT2D eigenvalue weighted by Crippen LogP contribution is 1.95. The van der Waals surface area contributed by atoms with Crippen molar-refractivity contribution >= 4 is 5.91 Å². The van der Waals surface area contributed by atoms with Gasteiger partial charge in [-0.05, 0) is 13.0 Å². The van der Waals surface area contributed by atoms with Gasteiger partial charge in [0.25, 0.3) is 0 Å². The van der Waals surface area contributed by atoms with Crippen LogP contribution in [0, 0.1) is 0 Å². The summed E-state index contributed by atoms with van der Waals surface area (Å²) in [6.07, 6.45) is 4.24. The SMILES string of the molecule is CCC(=O)NCCc1cn(CCCNC(C)C)nn1. The van der Waals surface area contributed by atoms with Crippen LogP contribution in [-0.4, -0.2) is 40.0 Å². The van der Waals surface area contributed by atoms with Crippen molar-refractivity contribution < 1.29 is 4.79 Å². The Hall–Kier alpha value is -1.43. The number of hydrogen-bond donors (Lipinski definition) is 2. The molecule has 0 saturated carbocycles. The third kappa shape index (κ3) is 6.91. The fourth-order valence-electron chi connectivity index (χ4n) is 1.65. The Kier molecular flexibility index (Phi) is 7.10. The number of amides is 1. The Labute approximate surface area is 115 Å². The second-order valence-corrected chi connectivity index (χ2v) is 4.89. The Morgan fingerprint density at radius 3 is 2.89 bits per heavy atom. The van der Waals surface area contributed by atoms with E-state index in [1.54, 1.807) is 0 Å². The molecule has 1 aromatic rings. The zero-order valence-electron chi connectivity index (χ0n) is 12.1. The summed E-state index contributed by atoms with van der Waals surface area (Å²) in [6, 6.07) is 0.522. The summed E-state index contributed by atoms with van der Waals surface area (Å²) in [4.78, 5) is 11.1. The minimum Gasteiger partial charge on any atom is -0.356 e. The van der Waals surface area contributed by atoms with Crippen LogP contribution in [0.1, 0.15) is 39.3 Å². The molecule has 6 nitrogen and oxygen atoms in total. The van der Waals surface area contributed by atoms with Crippen LogP contribution in [0.15, 0.2) is 6.20 Å². The first kappa shape index (κ1) is 15.6. The number of aryl methyl sites for hydroxylation is 1. The molecule has 0 saturated heterocycles. The van der Waals surface area contributed by atoms with Gasteiger partial charge >= 0.3 is 0 Å². The molecule has 0 aliphatic heterocycles. The zero-order valence-corrected chi connectivity index (χ0v) is 12.1. The average molecular weight is 267 g/mol. The van der Waals surface area contributed by atoms with Crippen LogP contribution < -0.4 is 10.6 Å². The lowest BCUT2D eigenvalue weighted by Crippen LogP contribution is -2.24. The molecule has 0 atom stereocenters. The summed E-state index contributed by atoms with van der Waals surface area (Å²) in [5.74, 6) is 0.0761. The smallest absolute Gasteiger partial charge is 0.219 e. The minimum atomic E-state index is 0.0761. The fraction of sp³-hybridized carbons (Fsp3) is 0.769. The van der Waals surface area contributed by atoms with Gasteiger partial charge in [-0.1, -0.05) is 26.0 Å². The van der Waals surface area contributed by atoms with Crippen LogP contribution in [0.4, 0.5) is 0 Å². The van der Waals surface area contributed by atoms with E-state index in [4.69, 9.17) is 0 Å². The molecular formula is C13H25N5O. The highest BCUT2D eigenvalue weighted by atomic mass is 16.1. The summed E-state index contributed by atoms with van der Waals surface area (Å²) in [6.45, 7) is 8.60. The lowest BCUT2D eigenvalue weighted by atomic mass is 10.3. The van der Waals surface area contributed by atoms with Crippen LogP contribution in [0.5, 0.6) is 0 Å². The van der Waals surface area contributed by atoms with Gasteiger partial charge in [0.1, 0.15) is 0 Å². The van der Waals surface area contributed by atoms with Crippen molar-refractivity contribution in [1.29, 1.82) is 0 Å². The van der Waals surface area contributed by atoms with E-state index >= 15 is 0 Å². The van der Waals surface area contributed by atoms with Crippen molar-refractivity contribution in [3.63, 3.8) is 0 Å². The molecule has 1 rings (SSSR count). The van der Waals surface area contributed by atoms with Gasteiger partial charge in [-0.15, -0.1) is 5.10 Å². The van der Waals surface area contributed by atoms with Crippen LogP contribution in [0.3, 0.4) is 0 Å². The van der Waals surface area contributed by atoms with E-state index in [-0.39, 0.29) is 5.91 Å². The molecule has 0 radical (unpaired) electrons. The third-order valence-corrected chi connectivity index (χ3v) is 2.73. The van der Waals surface area contributed by atoms with Gasteiger partial charge in [0.05, 0.1) is 5.69 Å². The van der Waals surface area contributed by atoms with Crippen LogP contribution in [-0.2, 0) is 17.8 Å². The average Bonchev–Trinajstić information content (AvgIpc) is 2.82. The lowest BCUT2D eigenvalue weighted by molar-refractivity contribution is -0.120. The Balaban J connectivity index is 2.19. The monoisotopic (exact) mass is 267 g/mol. The number of nitrogens with one attached hydrogen (secondary N) is 2. The van der Waals surface area contributed by atoms with Crippen molar-refractivity contribution in [1.82, 2.24) is 25.6 Å². The molecule has 0 spiro atoms. The predicted octanol–water partition coefficient (Wildman–Crippen LogP) is 0.735. The molecule has 1 heterocycles.